The minimum Gasteiger partial charge on any atom is -0.486 e. The number of esters is 1. The standard InChI is InChI=1S/C7H10O4/c1-10-7(9)6-4-5(8)2-3-11-6/h2-3,5-6,8H,4H2,1H3/t5?,6-/m0/s1. The summed E-state index contributed by atoms with van der Waals surface area (Å²) >= 11 is 0. The van der Waals surface area contributed by atoms with Crippen LogP contribution in [-0.4, -0.2) is 30.4 Å². The van der Waals surface area contributed by atoms with Crippen LogP contribution in [0.15, 0.2) is 12.3 Å². The first kappa shape index (κ1) is 8.07. The largest absolute Gasteiger partial charge is 0.486 e. The van der Waals surface area contributed by atoms with Gasteiger partial charge in [0.15, 0.2) is 6.10 Å². The zero-order valence-electron chi connectivity index (χ0n) is 6.19. The number of hydrogen-bond acceptors (Lipinski definition) is 4. The summed E-state index contributed by atoms with van der Waals surface area (Å²) in [6.45, 7) is 0. The monoisotopic (exact) mass is 158 g/mol. The van der Waals surface area contributed by atoms with Gasteiger partial charge in [-0.25, -0.2) is 4.79 Å². The second-order valence-corrected chi connectivity index (χ2v) is 2.28. The molecule has 1 aliphatic heterocycles. The molecule has 0 amide bonds. The maximum absolute atomic E-state index is 10.8. The number of methoxy groups -OCH3 is 1. The van der Waals surface area contributed by atoms with Gasteiger partial charge >= 0.3 is 5.97 Å². The molecule has 1 unspecified atom stereocenters. The summed E-state index contributed by atoms with van der Waals surface area (Å²) in [5.74, 6) is -0.451. The lowest BCUT2D eigenvalue weighted by atomic mass is 10.1. The SMILES string of the molecule is COC(=O)[C@@H]1CC(O)C=CO1. The van der Waals surface area contributed by atoms with Crippen LogP contribution in [0.5, 0.6) is 0 Å². The molecule has 0 saturated carbocycles. The van der Waals surface area contributed by atoms with Crippen LogP contribution < -0.4 is 0 Å². The Kier molecular flexibility index (Phi) is 2.48. The third kappa shape index (κ3) is 1.94. The predicted octanol–water partition coefficient (Wildman–Crippen LogP) is -0.177. The number of aliphatic hydroxyl groups is 1. The summed E-state index contributed by atoms with van der Waals surface area (Å²) in [5, 5.41) is 9.05. The van der Waals surface area contributed by atoms with Gasteiger partial charge in [-0.05, 0) is 6.08 Å². The Hall–Kier alpha value is -1.03. The van der Waals surface area contributed by atoms with E-state index in [1.54, 1.807) is 0 Å². The molecule has 11 heavy (non-hydrogen) atoms. The first-order valence-electron chi connectivity index (χ1n) is 3.32. The summed E-state index contributed by atoms with van der Waals surface area (Å²) in [4.78, 5) is 10.8. The molecule has 1 N–H and O–H groups in total. The van der Waals surface area contributed by atoms with Crippen molar-refractivity contribution >= 4 is 5.97 Å². The molecule has 1 rings (SSSR count). The average Bonchev–Trinajstić information content (AvgIpc) is 2.03. The van der Waals surface area contributed by atoms with Gasteiger partial charge in [0.05, 0.1) is 19.5 Å². The minimum absolute atomic E-state index is 0.267. The molecule has 2 atom stereocenters. The van der Waals surface area contributed by atoms with Gasteiger partial charge in [-0.3, -0.25) is 0 Å². The smallest absolute Gasteiger partial charge is 0.347 e. The molecule has 0 bridgehead atoms. The van der Waals surface area contributed by atoms with E-state index < -0.39 is 18.2 Å². The van der Waals surface area contributed by atoms with Crippen LogP contribution >= 0.6 is 0 Å². The number of carbonyl (C=O) groups excluding carboxylic acids is 1. The molecule has 0 fully saturated rings. The van der Waals surface area contributed by atoms with E-state index in [0.717, 1.165) is 0 Å². The van der Waals surface area contributed by atoms with Crippen molar-refractivity contribution in [2.75, 3.05) is 7.11 Å². The quantitative estimate of drug-likeness (QED) is 0.538. The zero-order valence-corrected chi connectivity index (χ0v) is 6.19. The molecule has 0 saturated heterocycles. The van der Waals surface area contributed by atoms with Crippen LogP contribution in [0, 0.1) is 0 Å². The Morgan fingerprint density at radius 2 is 2.55 bits per heavy atom. The van der Waals surface area contributed by atoms with Crippen LogP contribution in [0.4, 0.5) is 0 Å². The molecule has 0 aromatic heterocycles. The topological polar surface area (TPSA) is 55.8 Å². The second-order valence-electron chi connectivity index (χ2n) is 2.28. The highest BCUT2D eigenvalue weighted by Crippen LogP contribution is 2.11. The van der Waals surface area contributed by atoms with E-state index in [2.05, 4.69) is 4.74 Å². The van der Waals surface area contributed by atoms with Gasteiger partial charge in [0, 0.05) is 6.42 Å². The summed E-state index contributed by atoms with van der Waals surface area (Å²) in [6, 6.07) is 0. The van der Waals surface area contributed by atoms with E-state index >= 15 is 0 Å². The third-order valence-electron chi connectivity index (χ3n) is 1.46. The molecule has 0 radical (unpaired) electrons. The minimum atomic E-state index is -0.653. The molecule has 62 valence electrons. The highest BCUT2D eigenvalue weighted by Gasteiger charge is 2.24. The van der Waals surface area contributed by atoms with E-state index in [1.165, 1.54) is 19.4 Å². The fourth-order valence-corrected chi connectivity index (χ4v) is 0.868. The first-order valence-corrected chi connectivity index (χ1v) is 3.32. The molecule has 0 spiro atoms. The predicted molar refractivity (Wildman–Crippen MR) is 36.7 cm³/mol. The Morgan fingerprint density at radius 3 is 3.09 bits per heavy atom. The van der Waals surface area contributed by atoms with Crippen molar-refractivity contribution in [3.05, 3.63) is 12.3 Å². The maximum Gasteiger partial charge on any atom is 0.347 e. The van der Waals surface area contributed by atoms with E-state index in [1.807, 2.05) is 0 Å². The van der Waals surface area contributed by atoms with E-state index in [-0.39, 0.29) is 6.42 Å². The van der Waals surface area contributed by atoms with Crippen molar-refractivity contribution in [2.45, 2.75) is 18.6 Å². The summed E-state index contributed by atoms with van der Waals surface area (Å²) in [6.07, 6.45) is 1.81. The summed E-state index contributed by atoms with van der Waals surface area (Å²) < 4.78 is 9.32. The fraction of sp³-hybridized carbons (Fsp3) is 0.571. The van der Waals surface area contributed by atoms with Crippen LogP contribution in [0.25, 0.3) is 0 Å². The van der Waals surface area contributed by atoms with Crippen molar-refractivity contribution in [3.63, 3.8) is 0 Å². The van der Waals surface area contributed by atoms with E-state index in [4.69, 9.17) is 9.84 Å². The molecule has 0 aliphatic carbocycles. The molecule has 0 aromatic rings. The van der Waals surface area contributed by atoms with Crippen LogP contribution in [-0.2, 0) is 14.3 Å². The molecule has 4 heteroatoms. The number of carbonyl (C=O) groups is 1. The average molecular weight is 158 g/mol. The van der Waals surface area contributed by atoms with Crippen LogP contribution in [0.1, 0.15) is 6.42 Å². The number of hydrogen-bond donors (Lipinski definition) is 1. The van der Waals surface area contributed by atoms with Crippen molar-refractivity contribution < 1.29 is 19.4 Å². The normalized spacial score (nSPS) is 29.3. The van der Waals surface area contributed by atoms with Gasteiger partial charge in [0.1, 0.15) is 0 Å². The Morgan fingerprint density at radius 1 is 1.82 bits per heavy atom. The van der Waals surface area contributed by atoms with Crippen LogP contribution in [0.2, 0.25) is 0 Å². The third-order valence-corrected chi connectivity index (χ3v) is 1.46. The van der Waals surface area contributed by atoms with Gasteiger partial charge in [-0.2, -0.15) is 0 Å². The molecular weight excluding hydrogens is 148 g/mol. The number of ether oxygens (including phenoxy) is 2. The molecule has 0 aromatic carbocycles. The molecule has 4 nitrogen and oxygen atoms in total. The highest BCUT2D eigenvalue weighted by atomic mass is 16.6. The fourth-order valence-electron chi connectivity index (χ4n) is 0.868. The molecular formula is C7H10O4. The van der Waals surface area contributed by atoms with Gasteiger partial charge in [0.2, 0.25) is 0 Å². The Bertz CT molecular complexity index is 175. The Labute approximate surface area is 64.4 Å². The van der Waals surface area contributed by atoms with Crippen molar-refractivity contribution in [3.8, 4) is 0 Å². The number of aliphatic hydroxyl groups excluding tert-OH is 1. The van der Waals surface area contributed by atoms with E-state index in [0.29, 0.717) is 0 Å². The van der Waals surface area contributed by atoms with Gasteiger partial charge in [-0.15, -0.1) is 0 Å². The van der Waals surface area contributed by atoms with E-state index in [9.17, 15) is 4.79 Å². The zero-order chi connectivity index (χ0) is 8.27. The second kappa shape index (κ2) is 3.39. The Balaban J connectivity index is 2.49. The maximum atomic E-state index is 10.8. The summed E-state index contributed by atoms with van der Waals surface area (Å²) in [7, 11) is 1.29. The van der Waals surface area contributed by atoms with Crippen molar-refractivity contribution in [1.29, 1.82) is 0 Å². The lowest BCUT2D eigenvalue weighted by molar-refractivity contribution is -0.152. The lowest BCUT2D eigenvalue weighted by Gasteiger charge is -2.19. The van der Waals surface area contributed by atoms with Crippen LogP contribution in [0.3, 0.4) is 0 Å². The summed E-state index contributed by atoms with van der Waals surface area (Å²) in [5.41, 5.74) is 0. The van der Waals surface area contributed by atoms with Crippen molar-refractivity contribution in [1.82, 2.24) is 0 Å². The molecule has 1 heterocycles. The molecule has 1 aliphatic rings. The van der Waals surface area contributed by atoms with Gasteiger partial charge in [0.25, 0.3) is 0 Å². The number of rotatable bonds is 1. The van der Waals surface area contributed by atoms with Crippen molar-refractivity contribution in [2.24, 2.45) is 0 Å². The first-order chi connectivity index (χ1) is 5.24. The lowest BCUT2D eigenvalue weighted by Crippen LogP contribution is -2.30. The highest BCUT2D eigenvalue weighted by molar-refractivity contribution is 5.74. The van der Waals surface area contributed by atoms with Gasteiger partial charge in [-0.1, -0.05) is 0 Å². The van der Waals surface area contributed by atoms with Gasteiger partial charge < -0.3 is 14.6 Å².